The maximum absolute atomic E-state index is 9.76. The summed E-state index contributed by atoms with van der Waals surface area (Å²) in [6.07, 6.45) is 1.13. The fraction of sp³-hybridized carbons (Fsp3) is 0.600. The normalized spacial score (nSPS) is 13.1. The number of aliphatic hydroxyl groups excluding tert-OH is 1. The molecule has 0 aliphatic carbocycles. The van der Waals surface area contributed by atoms with Crippen LogP contribution in [0.1, 0.15) is 30.7 Å². The lowest BCUT2D eigenvalue weighted by Gasteiger charge is -2.08. The van der Waals surface area contributed by atoms with Crippen LogP contribution in [-0.4, -0.2) is 18.3 Å². The minimum atomic E-state index is -0.442. The summed E-state index contributed by atoms with van der Waals surface area (Å²) in [6.45, 7) is 3.40. The van der Waals surface area contributed by atoms with Crippen molar-refractivity contribution in [2.24, 2.45) is 0 Å². The lowest BCUT2D eigenvalue weighted by atomic mass is 10.2. The summed E-state index contributed by atoms with van der Waals surface area (Å²) in [5, 5.41) is 12.3. The largest absolute Gasteiger partial charge is 0.388 e. The summed E-state index contributed by atoms with van der Waals surface area (Å²) in [4.78, 5) is 0.864. The highest BCUT2D eigenvalue weighted by molar-refractivity contribution is 7.10. The SMILES string of the molecule is CCOCCCC(O)c1sccc1Cl. The first-order valence-corrected chi connectivity index (χ1v) is 6.00. The number of hydrogen-bond acceptors (Lipinski definition) is 3. The number of rotatable bonds is 6. The van der Waals surface area contributed by atoms with Crippen molar-refractivity contribution in [1.29, 1.82) is 0 Å². The smallest absolute Gasteiger partial charge is 0.0897 e. The van der Waals surface area contributed by atoms with Gasteiger partial charge >= 0.3 is 0 Å². The standard InChI is InChI=1S/C10H15ClO2S/c1-2-13-6-3-4-9(12)10-8(11)5-7-14-10/h5,7,9,12H,2-4,6H2,1H3. The Kier molecular flexibility index (Phi) is 5.48. The van der Waals surface area contributed by atoms with Gasteiger partial charge in [0.15, 0.2) is 0 Å². The van der Waals surface area contributed by atoms with E-state index < -0.39 is 6.10 Å². The topological polar surface area (TPSA) is 29.5 Å². The van der Waals surface area contributed by atoms with Crippen LogP contribution in [0.3, 0.4) is 0 Å². The number of ether oxygens (including phenoxy) is 1. The van der Waals surface area contributed by atoms with Crippen LogP contribution in [0.15, 0.2) is 11.4 Å². The molecule has 0 aliphatic heterocycles. The van der Waals surface area contributed by atoms with Crippen LogP contribution in [0.4, 0.5) is 0 Å². The van der Waals surface area contributed by atoms with Crippen molar-refractivity contribution in [3.8, 4) is 0 Å². The summed E-state index contributed by atoms with van der Waals surface area (Å²) >= 11 is 7.39. The summed E-state index contributed by atoms with van der Waals surface area (Å²) in [6, 6.07) is 1.81. The van der Waals surface area contributed by atoms with Gasteiger partial charge < -0.3 is 9.84 Å². The molecule has 2 nitrogen and oxygen atoms in total. The van der Waals surface area contributed by atoms with E-state index in [1.807, 2.05) is 18.4 Å². The van der Waals surface area contributed by atoms with Crippen molar-refractivity contribution in [1.82, 2.24) is 0 Å². The Labute approximate surface area is 93.5 Å². The van der Waals surface area contributed by atoms with E-state index >= 15 is 0 Å². The van der Waals surface area contributed by atoms with Crippen molar-refractivity contribution in [3.05, 3.63) is 21.3 Å². The molecule has 1 N–H and O–H groups in total. The van der Waals surface area contributed by atoms with Gasteiger partial charge in [-0.1, -0.05) is 11.6 Å². The highest BCUT2D eigenvalue weighted by atomic mass is 35.5. The van der Waals surface area contributed by atoms with Gasteiger partial charge in [0.2, 0.25) is 0 Å². The average Bonchev–Trinajstić information content (AvgIpc) is 2.59. The molecule has 80 valence electrons. The zero-order valence-electron chi connectivity index (χ0n) is 8.20. The van der Waals surface area contributed by atoms with Crippen LogP contribution < -0.4 is 0 Å². The Balaban J connectivity index is 2.28. The van der Waals surface area contributed by atoms with Gasteiger partial charge in [0.1, 0.15) is 0 Å². The van der Waals surface area contributed by atoms with Crippen LogP contribution >= 0.6 is 22.9 Å². The predicted molar refractivity (Wildman–Crippen MR) is 60.0 cm³/mol. The van der Waals surface area contributed by atoms with Crippen LogP contribution in [0.2, 0.25) is 5.02 Å². The second-order valence-electron chi connectivity index (χ2n) is 2.99. The molecule has 0 bridgehead atoms. The van der Waals surface area contributed by atoms with E-state index in [-0.39, 0.29) is 0 Å². The Bertz CT molecular complexity index is 262. The molecule has 0 radical (unpaired) electrons. The lowest BCUT2D eigenvalue weighted by Crippen LogP contribution is -1.99. The molecule has 0 saturated heterocycles. The molecular weight excluding hydrogens is 220 g/mol. The molecule has 1 aromatic heterocycles. The van der Waals surface area contributed by atoms with Gasteiger partial charge in [-0.25, -0.2) is 0 Å². The van der Waals surface area contributed by atoms with Crippen LogP contribution in [-0.2, 0) is 4.74 Å². The van der Waals surface area contributed by atoms with Crippen molar-refractivity contribution in [2.45, 2.75) is 25.9 Å². The number of thiophene rings is 1. The minimum Gasteiger partial charge on any atom is -0.388 e. The molecule has 0 amide bonds. The zero-order valence-corrected chi connectivity index (χ0v) is 9.77. The van der Waals surface area contributed by atoms with Crippen molar-refractivity contribution in [3.63, 3.8) is 0 Å². The lowest BCUT2D eigenvalue weighted by molar-refractivity contribution is 0.116. The molecular formula is C10H15ClO2S. The van der Waals surface area contributed by atoms with Gasteiger partial charge in [-0.3, -0.25) is 0 Å². The first kappa shape index (κ1) is 12.0. The average molecular weight is 235 g/mol. The molecule has 4 heteroatoms. The maximum atomic E-state index is 9.76. The Morgan fingerprint density at radius 1 is 1.64 bits per heavy atom. The Morgan fingerprint density at radius 3 is 3.00 bits per heavy atom. The van der Waals surface area contributed by atoms with Gasteiger partial charge in [-0.15, -0.1) is 11.3 Å². The number of aliphatic hydroxyl groups is 1. The molecule has 1 unspecified atom stereocenters. The van der Waals surface area contributed by atoms with E-state index in [0.29, 0.717) is 18.1 Å². The van der Waals surface area contributed by atoms with E-state index in [1.165, 1.54) is 11.3 Å². The first-order chi connectivity index (χ1) is 6.75. The monoisotopic (exact) mass is 234 g/mol. The molecule has 0 saturated carbocycles. The Morgan fingerprint density at radius 2 is 2.43 bits per heavy atom. The molecule has 1 aromatic rings. The molecule has 1 rings (SSSR count). The van der Waals surface area contributed by atoms with Gasteiger partial charge in [-0.05, 0) is 31.2 Å². The zero-order chi connectivity index (χ0) is 10.4. The molecule has 0 aliphatic rings. The van der Waals surface area contributed by atoms with Gasteiger partial charge in [0.25, 0.3) is 0 Å². The summed E-state index contributed by atoms with van der Waals surface area (Å²) in [7, 11) is 0. The second-order valence-corrected chi connectivity index (χ2v) is 4.34. The molecule has 1 atom stereocenters. The van der Waals surface area contributed by atoms with E-state index in [2.05, 4.69) is 0 Å². The predicted octanol–water partition coefficient (Wildman–Crippen LogP) is 3.25. The third-order valence-electron chi connectivity index (χ3n) is 1.92. The number of hydrogen-bond donors (Lipinski definition) is 1. The van der Waals surface area contributed by atoms with Gasteiger partial charge in [0, 0.05) is 13.2 Å². The molecule has 1 heterocycles. The number of halogens is 1. The Hall–Kier alpha value is -0.0900. The second kappa shape index (κ2) is 6.40. The summed E-state index contributed by atoms with van der Waals surface area (Å²) in [5.74, 6) is 0. The molecule has 0 aromatic carbocycles. The fourth-order valence-corrected chi connectivity index (χ4v) is 2.40. The van der Waals surface area contributed by atoms with Crippen LogP contribution in [0.5, 0.6) is 0 Å². The summed E-state index contributed by atoms with van der Waals surface area (Å²) < 4.78 is 5.19. The van der Waals surface area contributed by atoms with Crippen molar-refractivity contribution < 1.29 is 9.84 Å². The maximum Gasteiger partial charge on any atom is 0.0897 e. The quantitative estimate of drug-likeness (QED) is 0.766. The minimum absolute atomic E-state index is 0.442. The first-order valence-electron chi connectivity index (χ1n) is 4.74. The van der Waals surface area contributed by atoms with Crippen LogP contribution in [0, 0.1) is 0 Å². The highest BCUT2D eigenvalue weighted by Crippen LogP contribution is 2.30. The van der Waals surface area contributed by atoms with Crippen LogP contribution in [0.25, 0.3) is 0 Å². The fourth-order valence-electron chi connectivity index (χ4n) is 1.20. The van der Waals surface area contributed by atoms with Gasteiger partial charge in [-0.2, -0.15) is 0 Å². The molecule has 0 fully saturated rings. The highest BCUT2D eigenvalue weighted by Gasteiger charge is 2.12. The van der Waals surface area contributed by atoms with Crippen molar-refractivity contribution >= 4 is 22.9 Å². The molecule has 0 spiro atoms. The van der Waals surface area contributed by atoms with E-state index in [0.717, 1.165) is 17.9 Å². The van der Waals surface area contributed by atoms with E-state index in [1.54, 1.807) is 0 Å². The van der Waals surface area contributed by atoms with Gasteiger partial charge in [0.05, 0.1) is 16.0 Å². The van der Waals surface area contributed by atoms with Crippen molar-refractivity contribution in [2.75, 3.05) is 13.2 Å². The third-order valence-corrected chi connectivity index (χ3v) is 3.38. The van der Waals surface area contributed by atoms with E-state index in [9.17, 15) is 5.11 Å². The summed E-state index contributed by atoms with van der Waals surface area (Å²) in [5.41, 5.74) is 0. The molecule has 14 heavy (non-hydrogen) atoms. The third kappa shape index (κ3) is 3.58. The van der Waals surface area contributed by atoms with E-state index in [4.69, 9.17) is 16.3 Å².